The molecule has 2 amide bonds. The van der Waals surface area contributed by atoms with Crippen molar-refractivity contribution >= 4 is 64.1 Å². The highest BCUT2D eigenvalue weighted by Crippen LogP contribution is 2.31. The third-order valence-corrected chi connectivity index (χ3v) is 6.67. The first-order valence-electron chi connectivity index (χ1n) is 10.7. The minimum absolute atomic E-state index is 0.00710. The van der Waals surface area contributed by atoms with Crippen molar-refractivity contribution in [1.82, 2.24) is 4.90 Å². The fraction of sp³-hybridized carbons (Fsp3) is 0.154. The molecule has 0 saturated carbocycles. The number of rotatable bonds is 5. The fourth-order valence-electron chi connectivity index (χ4n) is 3.72. The number of amides is 2. The van der Waals surface area contributed by atoms with Crippen LogP contribution in [0.1, 0.15) is 15.9 Å². The van der Waals surface area contributed by atoms with E-state index >= 15 is 0 Å². The lowest BCUT2D eigenvalue weighted by Gasteiger charge is -2.36. The lowest BCUT2D eigenvalue weighted by Crippen LogP contribution is -2.48. The Hall–Kier alpha value is -2.99. The molecule has 4 rings (SSSR count). The van der Waals surface area contributed by atoms with Crippen molar-refractivity contribution in [3.63, 3.8) is 0 Å². The molecule has 3 aromatic carbocycles. The van der Waals surface area contributed by atoms with E-state index in [1.807, 2.05) is 47.4 Å². The number of nitrogens with zero attached hydrogens (tertiary/aromatic N) is 2. The molecule has 0 unspecified atom stereocenters. The van der Waals surface area contributed by atoms with Gasteiger partial charge in [0.1, 0.15) is 0 Å². The van der Waals surface area contributed by atoms with E-state index in [2.05, 4.69) is 10.2 Å². The first-order valence-corrected chi connectivity index (χ1v) is 11.9. The summed E-state index contributed by atoms with van der Waals surface area (Å²) in [6.45, 7) is 2.52. The highest BCUT2D eigenvalue weighted by Gasteiger charge is 2.22. The lowest BCUT2D eigenvalue weighted by atomic mass is 10.2. The Bertz CT molecular complexity index is 1220. The molecule has 0 radical (unpaired) electrons. The van der Waals surface area contributed by atoms with E-state index in [0.717, 1.165) is 11.3 Å². The number of hydrogen-bond acceptors (Lipinski definition) is 3. The number of carbonyl (C=O) groups is 2. The van der Waals surface area contributed by atoms with Crippen LogP contribution in [0.3, 0.4) is 0 Å². The summed E-state index contributed by atoms with van der Waals surface area (Å²) in [5, 5.41) is 3.83. The molecule has 1 heterocycles. The van der Waals surface area contributed by atoms with Crippen LogP contribution in [0.5, 0.6) is 0 Å². The molecule has 1 fully saturated rings. The predicted molar refractivity (Wildman–Crippen MR) is 140 cm³/mol. The first kappa shape index (κ1) is 24.1. The quantitative estimate of drug-likeness (QED) is 0.409. The highest BCUT2D eigenvalue weighted by atomic mass is 35.5. The molecule has 8 heteroatoms. The highest BCUT2D eigenvalue weighted by molar-refractivity contribution is 6.44. The van der Waals surface area contributed by atoms with Gasteiger partial charge in [-0.15, -0.1) is 0 Å². The zero-order chi connectivity index (χ0) is 24.1. The fourth-order valence-corrected chi connectivity index (χ4v) is 4.41. The van der Waals surface area contributed by atoms with Crippen LogP contribution in [-0.4, -0.2) is 42.9 Å². The van der Waals surface area contributed by atoms with Crippen LogP contribution in [0.25, 0.3) is 6.08 Å². The Morgan fingerprint density at radius 3 is 2.26 bits per heavy atom. The molecule has 0 aromatic heterocycles. The van der Waals surface area contributed by atoms with Crippen LogP contribution in [-0.2, 0) is 4.79 Å². The van der Waals surface area contributed by atoms with Crippen molar-refractivity contribution in [1.29, 1.82) is 0 Å². The van der Waals surface area contributed by atoms with Gasteiger partial charge in [0.2, 0.25) is 5.91 Å². The minimum atomic E-state index is -0.369. The Morgan fingerprint density at radius 2 is 1.56 bits per heavy atom. The summed E-state index contributed by atoms with van der Waals surface area (Å²) in [5.41, 5.74) is 2.68. The second-order valence-electron chi connectivity index (χ2n) is 7.78. The molecule has 1 saturated heterocycles. The summed E-state index contributed by atoms with van der Waals surface area (Å²) in [7, 11) is 0. The maximum atomic E-state index is 12.6. The Kier molecular flexibility index (Phi) is 7.78. The second kappa shape index (κ2) is 11.0. The van der Waals surface area contributed by atoms with Gasteiger partial charge in [-0.25, -0.2) is 0 Å². The van der Waals surface area contributed by atoms with Crippen molar-refractivity contribution in [3.05, 3.63) is 99.0 Å². The van der Waals surface area contributed by atoms with Gasteiger partial charge in [0.15, 0.2) is 0 Å². The SMILES string of the molecule is O=C(Nc1ccc(N2CCN(C(=O)/C=C/c3ccccc3)CC2)c(Cl)c1)c1cccc(Cl)c1Cl. The molecule has 1 aliphatic heterocycles. The summed E-state index contributed by atoms with van der Waals surface area (Å²) in [4.78, 5) is 29.1. The van der Waals surface area contributed by atoms with E-state index in [0.29, 0.717) is 41.9 Å². The van der Waals surface area contributed by atoms with Crippen LogP contribution >= 0.6 is 34.8 Å². The van der Waals surface area contributed by atoms with Crippen molar-refractivity contribution in [3.8, 4) is 0 Å². The molecular weight excluding hydrogens is 493 g/mol. The van der Waals surface area contributed by atoms with E-state index in [1.165, 1.54) is 0 Å². The van der Waals surface area contributed by atoms with Gasteiger partial charge in [-0.1, -0.05) is 71.2 Å². The molecule has 1 N–H and O–H groups in total. The molecule has 1 aliphatic rings. The molecular formula is C26H22Cl3N3O2. The summed E-state index contributed by atoms with van der Waals surface area (Å²) in [6.07, 6.45) is 3.44. The van der Waals surface area contributed by atoms with Gasteiger partial charge in [-0.2, -0.15) is 0 Å². The summed E-state index contributed by atoms with van der Waals surface area (Å²) in [6, 6.07) is 20.0. The zero-order valence-electron chi connectivity index (χ0n) is 18.2. The maximum Gasteiger partial charge on any atom is 0.257 e. The average molecular weight is 515 g/mol. The number of hydrogen-bond donors (Lipinski definition) is 1. The molecule has 0 bridgehead atoms. The average Bonchev–Trinajstić information content (AvgIpc) is 2.85. The van der Waals surface area contributed by atoms with E-state index in [4.69, 9.17) is 34.8 Å². The van der Waals surface area contributed by atoms with Crippen molar-refractivity contribution in [2.75, 3.05) is 36.4 Å². The van der Waals surface area contributed by atoms with Crippen molar-refractivity contribution in [2.24, 2.45) is 0 Å². The number of halogens is 3. The molecule has 0 spiro atoms. The minimum Gasteiger partial charge on any atom is -0.367 e. The normalized spacial score (nSPS) is 13.9. The van der Waals surface area contributed by atoms with Crippen LogP contribution in [0, 0.1) is 0 Å². The predicted octanol–water partition coefficient (Wildman–Crippen LogP) is 6.26. The van der Waals surface area contributed by atoms with Crippen LogP contribution in [0.15, 0.2) is 72.8 Å². The lowest BCUT2D eigenvalue weighted by molar-refractivity contribution is -0.126. The zero-order valence-corrected chi connectivity index (χ0v) is 20.4. The molecule has 3 aromatic rings. The van der Waals surface area contributed by atoms with Crippen LogP contribution < -0.4 is 10.2 Å². The van der Waals surface area contributed by atoms with Gasteiger partial charge in [0.05, 0.1) is 26.3 Å². The first-order chi connectivity index (χ1) is 16.4. The summed E-state index contributed by atoms with van der Waals surface area (Å²) in [5.74, 6) is -0.376. The van der Waals surface area contributed by atoms with Crippen molar-refractivity contribution in [2.45, 2.75) is 0 Å². The molecule has 5 nitrogen and oxygen atoms in total. The smallest absolute Gasteiger partial charge is 0.257 e. The molecule has 174 valence electrons. The van der Waals surface area contributed by atoms with Gasteiger partial charge in [-0.3, -0.25) is 9.59 Å². The van der Waals surface area contributed by atoms with E-state index < -0.39 is 0 Å². The maximum absolute atomic E-state index is 12.6. The van der Waals surface area contributed by atoms with Gasteiger partial charge >= 0.3 is 0 Å². The number of piperazine rings is 1. The Morgan fingerprint density at radius 1 is 0.824 bits per heavy atom. The number of anilines is 2. The summed E-state index contributed by atoms with van der Waals surface area (Å²) < 4.78 is 0. The van der Waals surface area contributed by atoms with Crippen LogP contribution in [0.4, 0.5) is 11.4 Å². The van der Waals surface area contributed by atoms with Gasteiger partial charge in [0, 0.05) is 37.9 Å². The number of nitrogens with one attached hydrogen (secondary N) is 1. The largest absolute Gasteiger partial charge is 0.367 e. The third kappa shape index (κ3) is 5.73. The van der Waals surface area contributed by atoms with Crippen LogP contribution in [0.2, 0.25) is 15.1 Å². The monoisotopic (exact) mass is 513 g/mol. The van der Waals surface area contributed by atoms with E-state index in [9.17, 15) is 9.59 Å². The molecule has 34 heavy (non-hydrogen) atoms. The number of benzene rings is 3. The van der Waals surface area contributed by atoms with Gasteiger partial charge in [-0.05, 0) is 42.0 Å². The Labute approximate surface area is 213 Å². The summed E-state index contributed by atoms with van der Waals surface area (Å²) >= 11 is 18.7. The molecule has 0 aliphatic carbocycles. The topological polar surface area (TPSA) is 52.7 Å². The number of carbonyl (C=O) groups excluding carboxylic acids is 2. The third-order valence-electron chi connectivity index (χ3n) is 5.55. The molecule has 0 atom stereocenters. The van der Waals surface area contributed by atoms with E-state index in [1.54, 1.807) is 36.4 Å². The standard InChI is InChI=1S/C26H22Cl3N3O2/c27-21-8-4-7-20(25(21)29)26(34)30-19-10-11-23(22(28)17-19)31-13-15-32(16-14-31)24(33)12-9-18-5-2-1-3-6-18/h1-12,17H,13-16H2,(H,30,34)/b12-9+. The van der Waals surface area contributed by atoms with Gasteiger partial charge < -0.3 is 15.1 Å². The van der Waals surface area contributed by atoms with Gasteiger partial charge in [0.25, 0.3) is 5.91 Å². The van der Waals surface area contributed by atoms with E-state index in [-0.39, 0.29) is 22.4 Å². The second-order valence-corrected chi connectivity index (χ2v) is 8.97. The van der Waals surface area contributed by atoms with Crippen molar-refractivity contribution < 1.29 is 9.59 Å². The Balaban J connectivity index is 1.35.